The summed E-state index contributed by atoms with van der Waals surface area (Å²) < 4.78 is 10.1. The van der Waals surface area contributed by atoms with E-state index < -0.39 is 17.5 Å². The topological polar surface area (TPSA) is 111 Å². The van der Waals surface area contributed by atoms with Crippen molar-refractivity contribution in [2.75, 3.05) is 45.3 Å². The molecular weight excluding hydrogens is 366 g/mol. The minimum Gasteiger partial charge on any atom is -0.452 e. The number of amides is 1. The number of nitro benzene ring substituents is 1. The van der Waals surface area contributed by atoms with E-state index in [2.05, 4.69) is 19.2 Å². The van der Waals surface area contributed by atoms with Gasteiger partial charge in [0.05, 0.1) is 17.1 Å². The zero-order valence-electron chi connectivity index (χ0n) is 16.5. The first kappa shape index (κ1) is 21.6. The Balaban J connectivity index is 2.05. The summed E-state index contributed by atoms with van der Waals surface area (Å²) >= 11 is 0. The van der Waals surface area contributed by atoms with Crippen LogP contribution >= 0.6 is 0 Å². The molecule has 1 aliphatic rings. The molecule has 0 bridgehead atoms. The third kappa shape index (κ3) is 5.91. The Labute approximate surface area is 164 Å². The minimum absolute atomic E-state index is 0.0125. The fraction of sp³-hybridized carbons (Fsp3) is 0.579. The number of nitrogens with zero attached hydrogens (tertiary/aromatic N) is 2. The van der Waals surface area contributed by atoms with Crippen LogP contribution in [0.15, 0.2) is 18.2 Å². The number of non-ortho nitro benzene ring substituents is 1. The van der Waals surface area contributed by atoms with E-state index in [1.807, 2.05) is 0 Å². The molecule has 0 aromatic heterocycles. The van der Waals surface area contributed by atoms with Crippen molar-refractivity contribution in [3.63, 3.8) is 0 Å². The second-order valence-electron chi connectivity index (χ2n) is 7.23. The number of anilines is 1. The predicted molar refractivity (Wildman–Crippen MR) is 103 cm³/mol. The molecular formula is C19H27N3O6. The lowest BCUT2D eigenvalue weighted by Gasteiger charge is -2.34. The van der Waals surface area contributed by atoms with Gasteiger partial charge in [0.2, 0.25) is 0 Å². The van der Waals surface area contributed by atoms with Crippen LogP contribution in [0.2, 0.25) is 0 Å². The Morgan fingerprint density at radius 3 is 2.57 bits per heavy atom. The van der Waals surface area contributed by atoms with E-state index in [9.17, 15) is 19.7 Å². The molecule has 1 N–H and O–H groups in total. The van der Waals surface area contributed by atoms with Crippen molar-refractivity contribution >= 4 is 23.3 Å². The smallest absolute Gasteiger partial charge is 0.341 e. The first-order valence-electron chi connectivity index (χ1n) is 9.28. The van der Waals surface area contributed by atoms with Crippen LogP contribution in [0.5, 0.6) is 0 Å². The SMILES string of the molecule is COCCNc1ccc([N+](=O)[O-])cc1C(=O)OCC(=O)N1C[C@H](C)C[C@H](C)C1. The van der Waals surface area contributed by atoms with E-state index in [1.54, 1.807) is 12.0 Å². The molecule has 1 heterocycles. The molecule has 9 heteroatoms. The summed E-state index contributed by atoms with van der Waals surface area (Å²) in [6.07, 6.45) is 1.06. The van der Waals surface area contributed by atoms with Gasteiger partial charge in [-0.3, -0.25) is 14.9 Å². The summed E-state index contributed by atoms with van der Waals surface area (Å²) in [5.74, 6) is -0.241. The summed E-state index contributed by atoms with van der Waals surface area (Å²) in [4.78, 5) is 37.1. The molecule has 28 heavy (non-hydrogen) atoms. The lowest BCUT2D eigenvalue weighted by Crippen LogP contribution is -2.44. The fourth-order valence-electron chi connectivity index (χ4n) is 3.42. The number of ether oxygens (including phenoxy) is 2. The number of hydrogen-bond donors (Lipinski definition) is 1. The summed E-state index contributed by atoms with van der Waals surface area (Å²) in [7, 11) is 1.54. The molecule has 1 fully saturated rings. The number of carbonyl (C=O) groups is 2. The zero-order valence-corrected chi connectivity index (χ0v) is 16.5. The van der Waals surface area contributed by atoms with Crippen LogP contribution < -0.4 is 5.32 Å². The Kier molecular flexibility index (Phi) is 7.74. The standard InChI is InChI=1S/C19H27N3O6/c1-13-8-14(2)11-21(10-13)18(23)12-28-19(24)16-9-15(22(25)26)4-5-17(16)20-6-7-27-3/h4-5,9,13-14,20H,6-8,10-12H2,1-3H3/t13-,14+. The first-order valence-corrected chi connectivity index (χ1v) is 9.28. The maximum absolute atomic E-state index is 12.5. The van der Waals surface area contributed by atoms with Crippen LogP contribution in [-0.2, 0) is 14.3 Å². The second kappa shape index (κ2) is 10.0. The number of piperidine rings is 1. The first-order chi connectivity index (χ1) is 13.3. The molecule has 0 radical (unpaired) electrons. The van der Waals surface area contributed by atoms with Gasteiger partial charge >= 0.3 is 5.97 Å². The minimum atomic E-state index is -0.782. The number of benzene rings is 1. The van der Waals surface area contributed by atoms with Crippen molar-refractivity contribution in [2.24, 2.45) is 11.8 Å². The quantitative estimate of drug-likeness (QED) is 0.312. The van der Waals surface area contributed by atoms with Gasteiger partial charge in [0.15, 0.2) is 6.61 Å². The van der Waals surface area contributed by atoms with Gasteiger partial charge in [0.1, 0.15) is 0 Å². The maximum atomic E-state index is 12.5. The summed E-state index contributed by atoms with van der Waals surface area (Å²) in [5, 5.41) is 14.0. The van der Waals surface area contributed by atoms with Gasteiger partial charge in [0.25, 0.3) is 11.6 Å². The zero-order chi connectivity index (χ0) is 20.7. The highest BCUT2D eigenvalue weighted by atomic mass is 16.6. The van der Waals surface area contributed by atoms with Crippen LogP contribution in [0, 0.1) is 22.0 Å². The molecule has 0 unspecified atom stereocenters. The van der Waals surface area contributed by atoms with Gasteiger partial charge in [0, 0.05) is 44.6 Å². The fourth-order valence-corrected chi connectivity index (χ4v) is 3.42. The number of hydrogen-bond acceptors (Lipinski definition) is 7. The molecule has 1 amide bonds. The highest BCUT2D eigenvalue weighted by molar-refractivity contribution is 5.97. The van der Waals surface area contributed by atoms with Crippen LogP contribution in [-0.4, -0.2) is 61.7 Å². The van der Waals surface area contributed by atoms with Gasteiger partial charge in [-0.25, -0.2) is 4.79 Å². The van der Waals surface area contributed by atoms with Gasteiger partial charge < -0.3 is 19.7 Å². The predicted octanol–water partition coefficient (Wildman–Crippen LogP) is 2.31. The van der Waals surface area contributed by atoms with Crippen molar-refractivity contribution in [1.82, 2.24) is 4.90 Å². The molecule has 1 saturated heterocycles. The number of nitrogens with one attached hydrogen (secondary N) is 1. The third-order valence-corrected chi connectivity index (χ3v) is 4.60. The molecule has 2 rings (SSSR count). The molecule has 9 nitrogen and oxygen atoms in total. The van der Waals surface area contributed by atoms with Crippen molar-refractivity contribution in [2.45, 2.75) is 20.3 Å². The number of nitro groups is 1. The summed E-state index contributed by atoms with van der Waals surface area (Å²) in [5.41, 5.74) is 0.174. The molecule has 0 saturated carbocycles. The van der Waals surface area contributed by atoms with Crippen molar-refractivity contribution < 1.29 is 24.0 Å². The normalized spacial score (nSPS) is 19.2. The number of carbonyl (C=O) groups excluding carboxylic acids is 2. The lowest BCUT2D eigenvalue weighted by atomic mass is 9.92. The average molecular weight is 393 g/mol. The van der Waals surface area contributed by atoms with E-state index in [4.69, 9.17) is 9.47 Å². The summed E-state index contributed by atoms with van der Waals surface area (Å²) in [6.45, 7) is 5.87. The Hall–Kier alpha value is -2.68. The van der Waals surface area contributed by atoms with Gasteiger partial charge in [-0.1, -0.05) is 13.8 Å². The monoisotopic (exact) mass is 393 g/mol. The number of rotatable bonds is 8. The highest BCUT2D eigenvalue weighted by Crippen LogP contribution is 2.24. The second-order valence-corrected chi connectivity index (χ2v) is 7.23. The highest BCUT2D eigenvalue weighted by Gasteiger charge is 2.26. The van der Waals surface area contributed by atoms with Crippen LogP contribution in [0.4, 0.5) is 11.4 Å². The van der Waals surface area contributed by atoms with Gasteiger partial charge in [-0.05, 0) is 24.3 Å². The van der Waals surface area contributed by atoms with E-state index in [0.29, 0.717) is 43.8 Å². The third-order valence-electron chi connectivity index (χ3n) is 4.60. The van der Waals surface area contributed by atoms with E-state index in [-0.39, 0.29) is 17.2 Å². The summed E-state index contributed by atoms with van der Waals surface area (Å²) in [6, 6.07) is 3.89. The molecule has 1 aromatic carbocycles. The Morgan fingerprint density at radius 2 is 1.96 bits per heavy atom. The van der Waals surface area contributed by atoms with Crippen molar-refractivity contribution in [1.29, 1.82) is 0 Å². The van der Waals surface area contributed by atoms with Crippen LogP contribution in [0.1, 0.15) is 30.6 Å². The molecule has 2 atom stereocenters. The van der Waals surface area contributed by atoms with Gasteiger partial charge in [-0.2, -0.15) is 0 Å². The van der Waals surface area contributed by atoms with Gasteiger partial charge in [-0.15, -0.1) is 0 Å². The number of likely N-dealkylation sites (tertiary alicyclic amines) is 1. The maximum Gasteiger partial charge on any atom is 0.341 e. The van der Waals surface area contributed by atoms with Crippen molar-refractivity contribution in [3.05, 3.63) is 33.9 Å². The van der Waals surface area contributed by atoms with E-state index in [1.165, 1.54) is 12.1 Å². The lowest BCUT2D eigenvalue weighted by molar-refractivity contribution is -0.384. The van der Waals surface area contributed by atoms with E-state index >= 15 is 0 Å². The molecule has 1 aromatic rings. The Morgan fingerprint density at radius 1 is 1.29 bits per heavy atom. The molecule has 0 aliphatic carbocycles. The molecule has 1 aliphatic heterocycles. The van der Waals surface area contributed by atoms with Crippen LogP contribution in [0.3, 0.4) is 0 Å². The largest absolute Gasteiger partial charge is 0.452 e. The van der Waals surface area contributed by atoms with E-state index in [0.717, 1.165) is 12.5 Å². The number of methoxy groups -OCH3 is 1. The molecule has 154 valence electrons. The van der Waals surface area contributed by atoms with Crippen LogP contribution in [0.25, 0.3) is 0 Å². The number of esters is 1. The molecule has 0 spiro atoms. The average Bonchev–Trinajstić information content (AvgIpc) is 2.65. The Bertz CT molecular complexity index is 714. The van der Waals surface area contributed by atoms with Crippen molar-refractivity contribution in [3.8, 4) is 0 Å².